The molecule has 0 saturated heterocycles. The summed E-state index contributed by atoms with van der Waals surface area (Å²) in [6.07, 6.45) is 0. The summed E-state index contributed by atoms with van der Waals surface area (Å²) in [5.74, 6) is -0.879. The smallest absolute Gasteiger partial charge is 0.235 e. The number of alkyl halides is 1. The van der Waals surface area contributed by atoms with Crippen LogP contribution in [0.5, 0.6) is 0 Å². The van der Waals surface area contributed by atoms with Gasteiger partial charge in [-0.1, -0.05) is 17.7 Å². The van der Waals surface area contributed by atoms with Crippen molar-refractivity contribution in [2.45, 2.75) is 19.4 Å². The minimum absolute atomic E-state index is 0.0331. The number of carbonyl (C=O) groups is 1. The van der Waals surface area contributed by atoms with E-state index in [0.717, 1.165) is 5.56 Å². The van der Waals surface area contributed by atoms with Crippen LogP contribution in [0.4, 0.5) is 4.39 Å². The van der Waals surface area contributed by atoms with E-state index in [-0.39, 0.29) is 16.8 Å². The lowest BCUT2D eigenvalue weighted by Crippen LogP contribution is -2.41. The quantitative estimate of drug-likeness (QED) is 0.835. The third-order valence-electron chi connectivity index (χ3n) is 2.21. The molecule has 0 spiro atoms. The monoisotopic (exact) mass is 263 g/mol. The van der Waals surface area contributed by atoms with E-state index in [1.165, 1.54) is 12.1 Å². The van der Waals surface area contributed by atoms with Gasteiger partial charge in [0, 0.05) is 0 Å². The van der Waals surface area contributed by atoms with E-state index in [9.17, 15) is 9.18 Å². The fourth-order valence-corrected chi connectivity index (χ4v) is 1.59. The number of halogens is 3. The van der Waals surface area contributed by atoms with Gasteiger partial charge in [0.25, 0.3) is 0 Å². The van der Waals surface area contributed by atoms with Gasteiger partial charge in [0.05, 0.1) is 10.6 Å². The van der Waals surface area contributed by atoms with Crippen LogP contribution in [0.3, 0.4) is 0 Å². The van der Waals surface area contributed by atoms with Crippen LogP contribution in [-0.4, -0.2) is 11.8 Å². The fraction of sp³-hybridized carbons (Fsp3) is 0.364. The van der Waals surface area contributed by atoms with E-state index >= 15 is 0 Å². The third kappa shape index (κ3) is 3.09. The zero-order chi connectivity index (χ0) is 12.3. The van der Waals surface area contributed by atoms with E-state index in [4.69, 9.17) is 23.2 Å². The Morgan fingerprint density at radius 3 is 2.62 bits per heavy atom. The first-order valence-corrected chi connectivity index (χ1v) is 5.60. The molecule has 1 aromatic rings. The summed E-state index contributed by atoms with van der Waals surface area (Å²) < 4.78 is 13.0. The van der Waals surface area contributed by atoms with Gasteiger partial charge in [-0.15, -0.1) is 11.6 Å². The second-order valence-corrected chi connectivity index (χ2v) is 4.61. The molecule has 1 rings (SSSR count). The van der Waals surface area contributed by atoms with E-state index in [0.29, 0.717) is 0 Å². The summed E-state index contributed by atoms with van der Waals surface area (Å²) in [6, 6.07) is 4.34. The Labute approximate surface area is 104 Å². The second-order valence-electron chi connectivity index (χ2n) is 3.94. The maximum Gasteiger partial charge on any atom is 0.235 e. The third-order valence-corrected chi connectivity index (χ3v) is 2.75. The number of amides is 1. The summed E-state index contributed by atoms with van der Waals surface area (Å²) in [6.45, 7) is 3.59. The van der Waals surface area contributed by atoms with Gasteiger partial charge in [-0.2, -0.15) is 0 Å². The highest BCUT2D eigenvalue weighted by Gasteiger charge is 2.23. The molecule has 0 heterocycles. The Balaban J connectivity index is 2.97. The van der Waals surface area contributed by atoms with Gasteiger partial charge in [-0.3, -0.25) is 4.79 Å². The molecule has 0 aliphatic rings. The second kappa shape index (κ2) is 5.02. The molecule has 1 aromatic carbocycles. The van der Waals surface area contributed by atoms with Crippen molar-refractivity contribution in [3.05, 3.63) is 34.6 Å². The van der Waals surface area contributed by atoms with Crippen molar-refractivity contribution in [2.24, 2.45) is 0 Å². The predicted molar refractivity (Wildman–Crippen MR) is 63.3 cm³/mol. The first-order valence-electron chi connectivity index (χ1n) is 4.69. The van der Waals surface area contributed by atoms with Crippen molar-refractivity contribution < 1.29 is 9.18 Å². The molecule has 1 N–H and O–H groups in total. The number of carbonyl (C=O) groups excluding carboxylic acids is 1. The number of hydrogen-bond acceptors (Lipinski definition) is 1. The maximum absolute atomic E-state index is 13.0. The Bertz CT molecular complexity index is 407. The molecule has 1 amide bonds. The summed E-state index contributed by atoms with van der Waals surface area (Å²) >= 11 is 11.1. The number of benzene rings is 1. The minimum Gasteiger partial charge on any atom is -0.346 e. The van der Waals surface area contributed by atoms with E-state index in [2.05, 4.69) is 5.32 Å². The van der Waals surface area contributed by atoms with E-state index in [1.807, 2.05) is 0 Å². The molecule has 5 heteroatoms. The fourth-order valence-electron chi connectivity index (χ4n) is 1.34. The lowest BCUT2D eigenvalue weighted by Gasteiger charge is -2.26. The largest absolute Gasteiger partial charge is 0.346 e. The lowest BCUT2D eigenvalue weighted by atomic mass is 9.94. The standard InChI is InChI=1S/C11H12Cl2FNO/c1-11(2,15-10(16)6-12)7-3-4-9(14)8(13)5-7/h3-5H,6H2,1-2H3,(H,15,16). The molecule has 0 aromatic heterocycles. The topological polar surface area (TPSA) is 29.1 Å². The van der Waals surface area contributed by atoms with Crippen molar-refractivity contribution in [2.75, 3.05) is 5.88 Å². The van der Waals surface area contributed by atoms with Crippen LogP contribution in [0.1, 0.15) is 19.4 Å². The highest BCUT2D eigenvalue weighted by molar-refractivity contribution is 6.30. The van der Waals surface area contributed by atoms with E-state index in [1.54, 1.807) is 19.9 Å². The molecule has 2 nitrogen and oxygen atoms in total. The van der Waals surface area contributed by atoms with Crippen molar-refractivity contribution in [3.8, 4) is 0 Å². The molecule has 0 atom stereocenters. The van der Waals surface area contributed by atoms with Gasteiger partial charge in [-0.05, 0) is 31.5 Å². The lowest BCUT2D eigenvalue weighted by molar-refractivity contribution is -0.120. The van der Waals surface area contributed by atoms with Crippen LogP contribution in [0.15, 0.2) is 18.2 Å². The predicted octanol–water partition coefficient (Wildman–Crippen LogP) is 3.07. The molecule has 0 aliphatic carbocycles. The van der Waals surface area contributed by atoms with Crippen molar-refractivity contribution in [1.29, 1.82) is 0 Å². The van der Waals surface area contributed by atoms with Crippen LogP contribution in [0, 0.1) is 5.82 Å². The zero-order valence-corrected chi connectivity index (χ0v) is 10.5. The Morgan fingerprint density at radius 1 is 1.50 bits per heavy atom. The van der Waals surface area contributed by atoms with Crippen molar-refractivity contribution in [1.82, 2.24) is 5.32 Å². The molecule has 16 heavy (non-hydrogen) atoms. The van der Waals surface area contributed by atoms with Gasteiger partial charge in [0.1, 0.15) is 11.7 Å². The molecule has 0 bridgehead atoms. The molecular formula is C11H12Cl2FNO. The molecule has 88 valence electrons. The zero-order valence-electron chi connectivity index (χ0n) is 8.98. The Kier molecular flexibility index (Phi) is 4.16. The molecule has 0 unspecified atom stereocenters. The SMILES string of the molecule is CC(C)(NC(=O)CCl)c1ccc(F)c(Cl)c1. The molecule has 0 saturated carbocycles. The first-order chi connectivity index (χ1) is 7.36. The highest BCUT2D eigenvalue weighted by Crippen LogP contribution is 2.24. The van der Waals surface area contributed by atoms with Crippen molar-refractivity contribution >= 4 is 29.1 Å². The number of hydrogen-bond donors (Lipinski definition) is 1. The van der Waals surface area contributed by atoms with Gasteiger partial charge >= 0.3 is 0 Å². The summed E-state index contributed by atoms with van der Waals surface area (Å²) in [4.78, 5) is 11.2. The van der Waals surface area contributed by atoms with Gasteiger partial charge in [0.2, 0.25) is 5.91 Å². The average Bonchev–Trinajstić information content (AvgIpc) is 2.21. The van der Waals surface area contributed by atoms with E-state index < -0.39 is 11.4 Å². The van der Waals surface area contributed by atoms with Gasteiger partial charge in [0.15, 0.2) is 0 Å². The Hall–Kier alpha value is -0.800. The van der Waals surface area contributed by atoms with Gasteiger partial charge in [-0.25, -0.2) is 4.39 Å². The molecule has 0 radical (unpaired) electrons. The van der Waals surface area contributed by atoms with Crippen LogP contribution in [0.2, 0.25) is 5.02 Å². The Morgan fingerprint density at radius 2 is 2.12 bits per heavy atom. The summed E-state index contributed by atoms with van der Waals surface area (Å²) in [5.41, 5.74) is 0.0842. The number of nitrogens with one attached hydrogen (secondary N) is 1. The number of rotatable bonds is 3. The minimum atomic E-state index is -0.636. The van der Waals surface area contributed by atoms with Gasteiger partial charge < -0.3 is 5.32 Å². The van der Waals surface area contributed by atoms with Crippen LogP contribution in [0.25, 0.3) is 0 Å². The first kappa shape index (κ1) is 13.3. The normalized spacial score (nSPS) is 11.3. The van der Waals surface area contributed by atoms with Crippen LogP contribution in [-0.2, 0) is 10.3 Å². The average molecular weight is 264 g/mol. The van der Waals surface area contributed by atoms with Crippen LogP contribution < -0.4 is 5.32 Å². The van der Waals surface area contributed by atoms with Crippen LogP contribution >= 0.6 is 23.2 Å². The summed E-state index contributed by atoms with van der Waals surface area (Å²) in [5, 5.41) is 2.75. The maximum atomic E-state index is 13.0. The van der Waals surface area contributed by atoms with Crippen molar-refractivity contribution in [3.63, 3.8) is 0 Å². The molecule has 0 fully saturated rings. The highest BCUT2D eigenvalue weighted by atomic mass is 35.5. The summed E-state index contributed by atoms with van der Waals surface area (Å²) in [7, 11) is 0. The molecule has 0 aliphatic heterocycles. The molecular weight excluding hydrogens is 252 g/mol.